The summed E-state index contributed by atoms with van der Waals surface area (Å²) in [6.07, 6.45) is -0.847. The normalized spacial score (nSPS) is 29.3. The summed E-state index contributed by atoms with van der Waals surface area (Å²) in [7, 11) is 0. The number of nitrogens with two attached hydrogens (primary N) is 1. The largest absolute Gasteiger partial charge is 0.388 e. The first-order valence-electron chi connectivity index (χ1n) is 4.90. The van der Waals surface area contributed by atoms with Gasteiger partial charge < -0.3 is 20.5 Å². The van der Waals surface area contributed by atoms with Crippen molar-refractivity contribution in [1.82, 2.24) is 4.90 Å². The van der Waals surface area contributed by atoms with Gasteiger partial charge in [-0.3, -0.25) is 4.79 Å². The van der Waals surface area contributed by atoms with Crippen LogP contribution in [-0.4, -0.2) is 53.9 Å². The molecule has 1 aliphatic heterocycles. The molecule has 1 amide bonds. The first-order chi connectivity index (χ1) is 6.56. The topological polar surface area (TPSA) is 75.8 Å². The van der Waals surface area contributed by atoms with E-state index in [1.54, 1.807) is 11.8 Å². The van der Waals surface area contributed by atoms with E-state index < -0.39 is 12.1 Å². The molecule has 3 atom stereocenters. The molecule has 82 valence electrons. The lowest BCUT2D eigenvalue weighted by Gasteiger charge is -2.17. The van der Waals surface area contributed by atoms with E-state index in [9.17, 15) is 9.90 Å². The molecule has 0 radical (unpaired) electrons. The molecule has 14 heavy (non-hydrogen) atoms. The van der Waals surface area contributed by atoms with Crippen molar-refractivity contribution in [1.29, 1.82) is 0 Å². The Labute approximate surface area is 83.8 Å². The van der Waals surface area contributed by atoms with E-state index in [2.05, 4.69) is 0 Å². The van der Waals surface area contributed by atoms with Crippen molar-refractivity contribution >= 4 is 5.91 Å². The predicted octanol–water partition coefficient (Wildman–Crippen LogP) is -1.06. The molecule has 1 saturated heterocycles. The lowest BCUT2D eigenvalue weighted by molar-refractivity contribution is -0.131. The Bertz CT molecular complexity index is 208. The lowest BCUT2D eigenvalue weighted by atomic mass is 10.3. The Morgan fingerprint density at radius 3 is 2.86 bits per heavy atom. The monoisotopic (exact) mass is 202 g/mol. The Hall–Kier alpha value is -0.650. The van der Waals surface area contributed by atoms with Gasteiger partial charge in [-0.1, -0.05) is 0 Å². The number of aliphatic hydroxyl groups excluding tert-OH is 1. The Balaban J connectivity index is 2.49. The van der Waals surface area contributed by atoms with Gasteiger partial charge in [0.05, 0.1) is 12.1 Å². The van der Waals surface area contributed by atoms with Gasteiger partial charge in [0.2, 0.25) is 5.91 Å². The average molecular weight is 202 g/mol. The second-order valence-corrected chi connectivity index (χ2v) is 3.59. The van der Waals surface area contributed by atoms with Crippen LogP contribution in [0, 0.1) is 0 Å². The fourth-order valence-electron chi connectivity index (χ4n) is 1.60. The Morgan fingerprint density at radius 2 is 2.36 bits per heavy atom. The molecule has 0 spiro atoms. The van der Waals surface area contributed by atoms with Crippen LogP contribution in [0.25, 0.3) is 0 Å². The van der Waals surface area contributed by atoms with Crippen LogP contribution in [0.15, 0.2) is 0 Å². The predicted molar refractivity (Wildman–Crippen MR) is 51.7 cm³/mol. The molecule has 0 aromatic heterocycles. The van der Waals surface area contributed by atoms with Crippen LogP contribution in [0.1, 0.15) is 13.8 Å². The third-order valence-electron chi connectivity index (χ3n) is 2.32. The summed E-state index contributed by atoms with van der Waals surface area (Å²) in [4.78, 5) is 13.0. The number of carbonyl (C=O) groups excluding carboxylic acids is 1. The number of hydrogen-bond donors (Lipinski definition) is 2. The molecule has 0 bridgehead atoms. The summed E-state index contributed by atoms with van der Waals surface area (Å²) in [6.45, 7) is 4.81. The van der Waals surface area contributed by atoms with Gasteiger partial charge in [-0.15, -0.1) is 0 Å². The van der Waals surface area contributed by atoms with E-state index in [0.717, 1.165) is 0 Å². The van der Waals surface area contributed by atoms with E-state index in [0.29, 0.717) is 19.7 Å². The van der Waals surface area contributed by atoms with Gasteiger partial charge in [-0.05, 0) is 13.8 Å². The van der Waals surface area contributed by atoms with Gasteiger partial charge in [0.25, 0.3) is 0 Å². The maximum absolute atomic E-state index is 11.5. The second-order valence-electron chi connectivity index (χ2n) is 3.59. The molecule has 5 nitrogen and oxygen atoms in total. The number of hydrogen-bond acceptors (Lipinski definition) is 4. The lowest BCUT2D eigenvalue weighted by Crippen LogP contribution is -2.41. The third kappa shape index (κ3) is 2.43. The highest BCUT2D eigenvalue weighted by Crippen LogP contribution is 2.14. The van der Waals surface area contributed by atoms with Crippen LogP contribution in [0.5, 0.6) is 0 Å². The van der Waals surface area contributed by atoms with Crippen molar-refractivity contribution in [2.75, 3.05) is 19.7 Å². The number of carbonyl (C=O) groups is 1. The van der Waals surface area contributed by atoms with Gasteiger partial charge in [0, 0.05) is 19.7 Å². The van der Waals surface area contributed by atoms with Crippen molar-refractivity contribution in [3.8, 4) is 0 Å². The quantitative estimate of drug-likeness (QED) is 0.612. The number of nitrogens with zero attached hydrogens (tertiary/aromatic N) is 1. The molecule has 0 aliphatic carbocycles. The smallest absolute Gasteiger partial charge is 0.239 e. The third-order valence-corrected chi connectivity index (χ3v) is 2.32. The van der Waals surface area contributed by atoms with Crippen molar-refractivity contribution < 1.29 is 14.6 Å². The zero-order chi connectivity index (χ0) is 10.7. The summed E-state index contributed by atoms with van der Waals surface area (Å²) in [5, 5.41) is 9.56. The summed E-state index contributed by atoms with van der Waals surface area (Å²) in [5.74, 6) is -0.133. The van der Waals surface area contributed by atoms with Gasteiger partial charge in [-0.2, -0.15) is 0 Å². The van der Waals surface area contributed by atoms with Gasteiger partial charge in [0.15, 0.2) is 0 Å². The molecule has 0 aromatic carbocycles. The Kier molecular flexibility index (Phi) is 3.86. The average Bonchev–Trinajstić information content (AvgIpc) is 2.47. The molecule has 0 aromatic rings. The molecule has 1 aliphatic rings. The van der Waals surface area contributed by atoms with Gasteiger partial charge in [-0.25, -0.2) is 0 Å². The van der Waals surface area contributed by atoms with E-state index in [1.807, 2.05) is 6.92 Å². The zero-order valence-electron chi connectivity index (χ0n) is 8.64. The standard InChI is InChI=1S/C9H18N2O3/c1-3-14-8-5-11(4-7(8)12)9(13)6(2)10/h6-8,12H,3-5,10H2,1-2H3. The minimum atomic E-state index is -0.586. The SMILES string of the molecule is CCOC1CN(C(=O)C(C)N)CC1O. The molecule has 1 heterocycles. The molecule has 0 saturated carbocycles. The van der Waals surface area contributed by atoms with Crippen molar-refractivity contribution in [3.05, 3.63) is 0 Å². The van der Waals surface area contributed by atoms with Crippen LogP contribution < -0.4 is 5.73 Å². The summed E-state index contributed by atoms with van der Waals surface area (Å²) >= 11 is 0. The van der Waals surface area contributed by atoms with Crippen molar-refractivity contribution in [3.63, 3.8) is 0 Å². The Morgan fingerprint density at radius 1 is 1.71 bits per heavy atom. The summed E-state index contributed by atoms with van der Waals surface area (Å²) < 4.78 is 5.29. The van der Waals surface area contributed by atoms with Crippen LogP contribution >= 0.6 is 0 Å². The number of β-amino-alcohol motifs (C(OH)–C–C–N with tert-alkyl or cyclic N) is 1. The fraction of sp³-hybridized carbons (Fsp3) is 0.889. The van der Waals surface area contributed by atoms with Crippen molar-refractivity contribution in [2.24, 2.45) is 5.73 Å². The molecular weight excluding hydrogens is 184 g/mol. The molecule has 1 fully saturated rings. The molecule has 5 heteroatoms. The zero-order valence-corrected chi connectivity index (χ0v) is 8.64. The van der Waals surface area contributed by atoms with Crippen LogP contribution in [0.3, 0.4) is 0 Å². The molecule has 3 unspecified atom stereocenters. The first kappa shape index (κ1) is 11.4. The van der Waals surface area contributed by atoms with Crippen LogP contribution in [0.2, 0.25) is 0 Å². The van der Waals surface area contributed by atoms with E-state index in [4.69, 9.17) is 10.5 Å². The second kappa shape index (κ2) is 4.72. The maximum atomic E-state index is 11.5. The number of rotatable bonds is 3. The van der Waals surface area contributed by atoms with Crippen molar-refractivity contribution in [2.45, 2.75) is 32.1 Å². The first-order valence-corrected chi connectivity index (χ1v) is 4.90. The van der Waals surface area contributed by atoms with E-state index in [-0.39, 0.29) is 12.0 Å². The molecule has 1 rings (SSSR count). The van der Waals surface area contributed by atoms with Gasteiger partial charge in [0.1, 0.15) is 6.10 Å². The van der Waals surface area contributed by atoms with E-state index in [1.165, 1.54) is 0 Å². The number of amides is 1. The number of aliphatic hydroxyl groups is 1. The highest BCUT2D eigenvalue weighted by molar-refractivity contribution is 5.81. The fourth-order valence-corrected chi connectivity index (χ4v) is 1.60. The molecule has 3 N–H and O–H groups in total. The maximum Gasteiger partial charge on any atom is 0.239 e. The minimum absolute atomic E-state index is 0.133. The van der Waals surface area contributed by atoms with Gasteiger partial charge >= 0.3 is 0 Å². The molecular formula is C9H18N2O3. The summed E-state index contributed by atoms with van der Waals surface area (Å²) in [6, 6.07) is -0.512. The number of likely N-dealkylation sites (tertiary alicyclic amines) is 1. The highest BCUT2D eigenvalue weighted by Gasteiger charge is 2.35. The van der Waals surface area contributed by atoms with Crippen LogP contribution in [-0.2, 0) is 9.53 Å². The summed E-state index contributed by atoms with van der Waals surface area (Å²) in [5.41, 5.74) is 5.47. The minimum Gasteiger partial charge on any atom is -0.388 e. The van der Waals surface area contributed by atoms with Crippen LogP contribution in [0.4, 0.5) is 0 Å². The highest BCUT2D eigenvalue weighted by atomic mass is 16.5. The number of ether oxygens (including phenoxy) is 1. The van der Waals surface area contributed by atoms with E-state index >= 15 is 0 Å².